The standard InChI is InChI=1S/C19H22FNO3/c1-2-17(24-18-11-7-6-10-16(18)20)19(22)21-12-13-23-14-15-8-4-3-5-9-15/h3-11,17H,2,12-14H2,1H3,(H,21,22)/t17-/m0/s1. The van der Waals surface area contributed by atoms with Gasteiger partial charge in [-0.3, -0.25) is 4.79 Å². The van der Waals surface area contributed by atoms with Gasteiger partial charge in [0.2, 0.25) is 0 Å². The van der Waals surface area contributed by atoms with Crippen molar-refractivity contribution in [2.75, 3.05) is 13.2 Å². The summed E-state index contributed by atoms with van der Waals surface area (Å²) >= 11 is 0. The summed E-state index contributed by atoms with van der Waals surface area (Å²) in [6, 6.07) is 15.9. The van der Waals surface area contributed by atoms with Crippen molar-refractivity contribution in [1.29, 1.82) is 0 Å². The lowest BCUT2D eigenvalue weighted by Crippen LogP contribution is -2.39. The van der Waals surface area contributed by atoms with Crippen LogP contribution in [0.2, 0.25) is 0 Å². The number of rotatable bonds is 9. The summed E-state index contributed by atoms with van der Waals surface area (Å²) in [6.07, 6.45) is -0.276. The van der Waals surface area contributed by atoms with E-state index in [0.29, 0.717) is 26.2 Å². The highest BCUT2D eigenvalue weighted by Crippen LogP contribution is 2.18. The van der Waals surface area contributed by atoms with E-state index in [1.807, 2.05) is 37.3 Å². The minimum atomic E-state index is -0.726. The van der Waals surface area contributed by atoms with Crippen molar-refractivity contribution in [2.45, 2.75) is 26.1 Å². The van der Waals surface area contributed by atoms with Crippen molar-refractivity contribution in [1.82, 2.24) is 5.32 Å². The molecule has 0 heterocycles. The van der Waals surface area contributed by atoms with Crippen LogP contribution in [0, 0.1) is 5.82 Å². The van der Waals surface area contributed by atoms with Crippen molar-refractivity contribution < 1.29 is 18.7 Å². The summed E-state index contributed by atoms with van der Waals surface area (Å²) in [5.41, 5.74) is 1.08. The van der Waals surface area contributed by atoms with Crippen molar-refractivity contribution in [3.8, 4) is 5.75 Å². The number of carbonyl (C=O) groups is 1. The molecule has 0 fully saturated rings. The van der Waals surface area contributed by atoms with Crippen LogP contribution in [0.4, 0.5) is 4.39 Å². The normalized spacial score (nSPS) is 11.8. The Bertz CT molecular complexity index is 634. The van der Waals surface area contributed by atoms with Gasteiger partial charge in [0, 0.05) is 6.54 Å². The molecule has 2 aromatic rings. The molecule has 5 heteroatoms. The number of halogens is 1. The van der Waals surface area contributed by atoms with E-state index in [1.54, 1.807) is 12.1 Å². The average Bonchev–Trinajstić information content (AvgIpc) is 2.61. The van der Waals surface area contributed by atoms with Crippen LogP contribution >= 0.6 is 0 Å². The lowest BCUT2D eigenvalue weighted by Gasteiger charge is -2.17. The third-order valence-corrected chi connectivity index (χ3v) is 3.43. The summed E-state index contributed by atoms with van der Waals surface area (Å²) in [4.78, 5) is 12.1. The second-order valence-electron chi connectivity index (χ2n) is 5.27. The molecule has 0 aliphatic carbocycles. The lowest BCUT2D eigenvalue weighted by molar-refractivity contribution is -0.128. The summed E-state index contributed by atoms with van der Waals surface area (Å²) in [5.74, 6) is -0.668. The Morgan fingerprint density at radius 1 is 1.12 bits per heavy atom. The van der Waals surface area contributed by atoms with Gasteiger partial charge in [-0.15, -0.1) is 0 Å². The SMILES string of the molecule is CC[C@H](Oc1ccccc1F)C(=O)NCCOCc1ccccc1. The Kier molecular flexibility index (Phi) is 7.23. The number of carbonyl (C=O) groups excluding carboxylic acids is 1. The molecular formula is C19H22FNO3. The molecule has 0 bridgehead atoms. The first-order valence-corrected chi connectivity index (χ1v) is 8.01. The van der Waals surface area contributed by atoms with Gasteiger partial charge in [-0.1, -0.05) is 49.4 Å². The van der Waals surface area contributed by atoms with E-state index in [9.17, 15) is 9.18 Å². The Balaban J connectivity index is 1.71. The average molecular weight is 331 g/mol. The maximum Gasteiger partial charge on any atom is 0.261 e. The summed E-state index contributed by atoms with van der Waals surface area (Å²) in [5, 5.41) is 2.75. The predicted octanol–water partition coefficient (Wildman–Crippen LogP) is 3.32. The third-order valence-electron chi connectivity index (χ3n) is 3.43. The van der Waals surface area contributed by atoms with E-state index in [0.717, 1.165) is 5.56 Å². The molecule has 24 heavy (non-hydrogen) atoms. The first-order chi connectivity index (χ1) is 11.7. The first kappa shape index (κ1) is 17.9. The van der Waals surface area contributed by atoms with Gasteiger partial charge in [-0.2, -0.15) is 0 Å². The van der Waals surface area contributed by atoms with Crippen LogP contribution in [-0.4, -0.2) is 25.2 Å². The fraction of sp³-hybridized carbons (Fsp3) is 0.316. The van der Waals surface area contributed by atoms with E-state index in [4.69, 9.17) is 9.47 Å². The van der Waals surface area contributed by atoms with Gasteiger partial charge in [0.25, 0.3) is 5.91 Å². The second-order valence-corrected chi connectivity index (χ2v) is 5.27. The molecule has 2 rings (SSSR count). The molecule has 0 spiro atoms. The number of amides is 1. The molecule has 4 nitrogen and oxygen atoms in total. The van der Waals surface area contributed by atoms with Crippen molar-refractivity contribution in [3.63, 3.8) is 0 Å². The summed E-state index contributed by atoms with van der Waals surface area (Å²) in [7, 11) is 0. The highest BCUT2D eigenvalue weighted by Gasteiger charge is 2.19. The molecule has 0 aliphatic heterocycles. The van der Waals surface area contributed by atoms with Crippen molar-refractivity contribution >= 4 is 5.91 Å². The van der Waals surface area contributed by atoms with Crippen LogP contribution in [0.5, 0.6) is 5.75 Å². The molecular weight excluding hydrogens is 309 g/mol. The van der Waals surface area contributed by atoms with Gasteiger partial charge in [0.1, 0.15) is 0 Å². The minimum absolute atomic E-state index is 0.0832. The molecule has 0 aromatic heterocycles. The van der Waals surface area contributed by atoms with Crippen molar-refractivity contribution in [3.05, 3.63) is 66.0 Å². The molecule has 0 saturated heterocycles. The Labute approximate surface area is 141 Å². The topological polar surface area (TPSA) is 47.6 Å². The second kappa shape index (κ2) is 9.67. The zero-order valence-corrected chi connectivity index (χ0v) is 13.7. The van der Waals surface area contributed by atoms with E-state index < -0.39 is 11.9 Å². The first-order valence-electron chi connectivity index (χ1n) is 8.01. The van der Waals surface area contributed by atoms with Gasteiger partial charge in [0.05, 0.1) is 13.2 Å². The molecule has 1 N–H and O–H groups in total. The highest BCUT2D eigenvalue weighted by atomic mass is 19.1. The van der Waals surface area contributed by atoms with Crippen LogP contribution < -0.4 is 10.1 Å². The molecule has 128 valence electrons. The quantitative estimate of drug-likeness (QED) is 0.717. The number of hydrogen-bond acceptors (Lipinski definition) is 3. The molecule has 0 radical (unpaired) electrons. The van der Waals surface area contributed by atoms with Crippen LogP contribution in [0.3, 0.4) is 0 Å². The molecule has 0 saturated carbocycles. The Hall–Kier alpha value is -2.40. The van der Waals surface area contributed by atoms with Crippen LogP contribution in [0.25, 0.3) is 0 Å². The number of para-hydroxylation sites is 1. The largest absolute Gasteiger partial charge is 0.478 e. The van der Waals surface area contributed by atoms with E-state index in [2.05, 4.69) is 5.32 Å². The van der Waals surface area contributed by atoms with Gasteiger partial charge >= 0.3 is 0 Å². The van der Waals surface area contributed by atoms with E-state index >= 15 is 0 Å². The fourth-order valence-corrected chi connectivity index (χ4v) is 2.14. The zero-order chi connectivity index (χ0) is 17.2. The van der Waals surface area contributed by atoms with Crippen LogP contribution in [0.1, 0.15) is 18.9 Å². The van der Waals surface area contributed by atoms with Gasteiger partial charge in [-0.25, -0.2) is 4.39 Å². The maximum atomic E-state index is 13.6. The van der Waals surface area contributed by atoms with Crippen molar-refractivity contribution in [2.24, 2.45) is 0 Å². The van der Waals surface area contributed by atoms with E-state index in [1.165, 1.54) is 12.1 Å². The molecule has 2 aromatic carbocycles. The molecule has 1 amide bonds. The molecule has 0 unspecified atom stereocenters. The molecule has 0 aliphatic rings. The smallest absolute Gasteiger partial charge is 0.261 e. The Morgan fingerprint density at radius 2 is 1.83 bits per heavy atom. The lowest BCUT2D eigenvalue weighted by atomic mass is 10.2. The third kappa shape index (κ3) is 5.66. The number of benzene rings is 2. The predicted molar refractivity (Wildman–Crippen MR) is 90.2 cm³/mol. The van der Waals surface area contributed by atoms with Gasteiger partial charge in [-0.05, 0) is 24.1 Å². The van der Waals surface area contributed by atoms with Gasteiger partial charge in [0.15, 0.2) is 17.7 Å². The Morgan fingerprint density at radius 3 is 2.54 bits per heavy atom. The summed E-state index contributed by atoms with van der Waals surface area (Å²) in [6.45, 7) is 3.09. The zero-order valence-electron chi connectivity index (χ0n) is 13.7. The van der Waals surface area contributed by atoms with Crippen LogP contribution in [-0.2, 0) is 16.1 Å². The van der Waals surface area contributed by atoms with Crippen LogP contribution in [0.15, 0.2) is 54.6 Å². The number of nitrogens with one attached hydrogen (secondary N) is 1. The highest BCUT2D eigenvalue weighted by molar-refractivity contribution is 5.81. The minimum Gasteiger partial charge on any atom is -0.478 e. The monoisotopic (exact) mass is 331 g/mol. The van der Waals surface area contributed by atoms with Gasteiger partial charge < -0.3 is 14.8 Å². The summed E-state index contributed by atoms with van der Waals surface area (Å²) < 4.78 is 24.5. The fourth-order valence-electron chi connectivity index (χ4n) is 2.14. The number of hydrogen-bond donors (Lipinski definition) is 1. The maximum absolute atomic E-state index is 13.6. The van der Waals surface area contributed by atoms with E-state index in [-0.39, 0.29) is 11.7 Å². The molecule has 1 atom stereocenters. The number of ether oxygens (including phenoxy) is 2.